The number of carbonyl (C=O) groups excluding carboxylic acids is 1. The molecule has 0 saturated heterocycles. The quantitative estimate of drug-likeness (QED) is 0.737. The van der Waals surface area contributed by atoms with Crippen LogP contribution in [0.25, 0.3) is 11.4 Å². The highest BCUT2D eigenvalue weighted by Gasteiger charge is 2.28. The van der Waals surface area contributed by atoms with Crippen molar-refractivity contribution in [2.45, 2.75) is 18.9 Å². The van der Waals surface area contributed by atoms with Crippen molar-refractivity contribution in [3.63, 3.8) is 0 Å². The van der Waals surface area contributed by atoms with E-state index in [1.807, 2.05) is 22.9 Å². The molecule has 4 rings (SSSR count). The van der Waals surface area contributed by atoms with Crippen molar-refractivity contribution in [2.75, 3.05) is 11.9 Å². The Hall–Kier alpha value is -3.29. The molecule has 26 heavy (non-hydrogen) atoms. The molecule has 0 radical (unpaired) electrons. The molecular formula is C18H16FN5O2. The number of rotatable bonds is 6. The zero-order valence-corrected chi connectivity index (χ0v) is 13.8. The summed E-state index contributed by atoms with van der Waals surface area (Å²) in [5, 5.41) is 14.6. The van der Waals surface area contributed by atoms with E-state index in [0.717, 1.165) is 18.4 Å². The number of tetrazole rings is 1. The first kappa shape index (κ1) is 16.2. The molecule has 0 unspecified atom stereocenters. The number of carbonyl (C=O) groups is 1. The smallest absolute Gasteiger partial charge is 0.262 e. The van der Waals surface area contributed by atoms with Gasteiger partial charge in [0, 0.05) is 17.3 Å². The summed E-state index contributed by atoms with van der Waals surface area (Å²) >= 11 is 0. The van der Waals surface area contributed by atoms with Gasteiger partial charge in [-0.15, -0.1) is 5.10 Å². The van der Waals surface area contributed by atoms with E-state index in [4.69, 9.17) is 4.74 Å². The van der Waals surface area contributed by atoms with Crippen LogP contribution in [-0.2, 0) is 4.79 Å². The van der Waals surface area contributed by atoms with Crippen LogP contribution < -0.4 is 10.1 Å². The van der Waals surface area contributed by atoms with Crippen LogP contribution in [0.5, 0.6) is 5.75 Å². The topological polar surface area (TPSA) is 81.9 Å². The molecular weight excluding hydrogens is 337 g/mol. The zero-order chi connectivity index (χ0) is 17.9. The van der Waals surface area contributed by atoms with Gasteiger partial charge in [-0.1, -0.05) is 18.2 Å². The van der Waals surface area contributed by atoms with Crippen LogP contribution in [-0.4, -0.2) is 32.7 Å². The van der Waals surface area contributed by atoms with Gasteiger partial charge in [0.2, 0.25) is 0 Å². The molecule has 1 heterocycles. The number of benzene rings is 2. The van der Waals surface area contributed by atoms with Crippen molar-refractivity contribution in [3.05, 3.63) is 54.3 Å². The van der Waals surface area contributed by atoms with Crippen LogP contribution in [0, 0.1) is 5.82 Å². The lowest BCUT2D eigenvalue weighted by Crippen LogP contribution is -2.20. The highest BCUT2D eigenvalue weighted by molar-refractivity contribution is 5.92. The molecule has 132 valence electrons. The van der Waals surface area contributed by atoms with Crippen molar-refractivity contribution < 1.29 is 13.9 Å². The second-order valence-electron chi connectivity index (χ2n) is 6.05. The third-order valence-electron chi connectivity index (χ3n) is 3.96. The highest BCUT2D eigenvalue weighted by atomic mass is 19.1. The molecule has 1 saturated carbocycles. The fraction of sp³-hybridized carbons (Fsp3) is 0.222. The van der Waals surface area contributed by atoms with Crippen molar-refractivity contribution in [3.8, 4) is 17.1 Å². The average molecular weight is 353 g/mol. The Morgan fingerprint density at radius 1 is 1.23 bits per heavy atom. The van der Waals surface area contributed by atoms with Crippen molar-refractivity contribution in [1.82, 2.24) is 20.2 Å². The third kappa shape index (κ3) is 3.69. The molecule has 2 aromatic carbocycles. The van der Waals surface area contributed by atoms with Crippen molar-refractivity contribution >= 4 is 11.6 Å². The minimum absolute atomic E-state index is 0.215. The van der Waals surface area contributed by atoms with Crippen molar-refractivity contribution in [1.29, 1.82) is 0 Å². The number of ether oxygens (including phenoxy) is 1. The Bertz CT molecular complexity index is 939. The first-order valence-electron chi connectivity index (χ1n) is 8.25. The van der Waals surface area contributed by atoms with Gasteiger partial charge in [-0.3, -0.25) is 4.79 Å². The first-order valence-corrected chi connectivity index (χ1v) is 8.25. The van der Waals surface area contributed by atoms with Gasteiger partial charge >= 0.3 is 0 Å². The molecule has 8 heteroatoms. The molecule has 0 bridgehead atoms. The van der Waals surface area contributed by atoms with E-state index in [9.17, 15) is 9.18 Å². The Kier molecular flexibility index (Phi) is 4.30. The Balaban J connectivity index is 1.42. The van der Waals surface area contributed by atoms with Crippen LogP contribution in [0.4, 0.5) is 10.1 Å². The Morgan fingerprint density at radius 2 is 2.08 bits per heavy atom. The minimum atomic E-state index is -0.413. The molecule has 0 spiro atoms. The molecule has 0 aliphatic heterocycles. The van der Waals surface area contributed by atoms with Gasteiger partial charge in [0.1, 0.15) is 11.6 Å². The maximum Gasteiger partial charge on any atom is 0.262 e. The summed E-state index contributed by atoms with van der Waals surface area (Å²) < 4.78 is 20.2. The van der Waals surface area contributed by atoms with Gasteiger partial charge in [-0.2, -0.15) is 0 Å². The van der Waals surface area contributed by atoms with E-state index in [2.05, 4.69) is 20.8 Å². The number of amides is 1. The fourth-order valence-electron chi connectivity index (χ4n) is 2.59. The van der Waals surface area contributed by atoms with Crippen molar-refractivity contribution in [2.24, 2.45) is 0 Å². The van der Waals surface area contributed by atoms with Gasteiger partial charge in [0.15, 0.2) is 12.4 Å². The van der Waals surface area contributed by atoms with Crippen LogP contribution in [0.3, 0.4) is 0 Å². The molecule has 1 aromatic heterocycles. The predicted molar refractivity (Wildman–Crippen MR) is 92.0 cm³/mol. The lowest BCUT2D eigenvalue weighted by molar-refractivity contribution is -0.118. The van der Waals surface area contributed by atoms with E-state index in [-0.39, 0.29) is 12.5 Å². The summed E-state index contributed by atoms with van der Waals surface area (Å²) in [5.41, 5.74) is 1.44. The number of hydrogen-bond acceptors (Lipinski definition) is 5. The van der Waals surface area contributed by atoms with Crippen LogP contribution in [0.15, 0.2) is 48.5 Å². The lowest BCUT2D eigenvalue weighted by Gasteiger charge is -2.09. The van der Waals surface area contributed by atoms with Crippen LogP contribution >= 0.6 is 0 Å². The Morgan fingerprint density at radius 3 is 2.88 bits per heavy atom. The SMILES string of the molecule is O=C(COc1cccc(F)c1)Nc1cccc(-c2nnnn2C2CC2)c1. The third-order valence-corrected chi connectivity index (χ3v) is 3.96. The van der Waals surface area contributed by atoms with Crippen LogP contribution in [0.2, 0.25) is 0 Å². The average Bonchev–Trinajstić information content (AvgIpc) is 3.37. The molecule has 1 amide bonds. The van der Waals surface area contributed by atoms with Gasteiger partial charge in [-0.25, -0.2) is 9.07 Å². The number of aromatic nitrogens is 4. The number of nitrogens with zero attached hydrogens (tertiary/aromatic N) is 4. The summed E-state index contributed by atoms with van der Waals surface area (Å²) in [6.07, 6.45) is 2.15. The number of nitrogens with one attached hydrogen (secondary N) is 1. The normalized spacial score (nSPS) is 13.4. The van der Waals surface area contributed by atoms with E-state index in [1.54, 1.807) is 12.1 Å². The molecule has 1 aliphatic carbocycles. The second-order valence-corrected chi connectivity index (χ2v) is 6.05. The van der Waals surface area contributed by atoms with Gasteiger partial charge in [-0.05, 0) is 47.5 Å². The van der Waals surface area contributed by atoms with Gasteiger partial charge in [0.05, 0.1) is 6.04 Å². The predicted octanol–water partition coefficient (Wildman–Crippen LogP) is 2.83. The monoisotopic (exact) mass is 353 g/mol. The molecule has 7 nitrogen and oxygen atoms in total. The van der Waals surface area contributed by atoms with E-state index < -0.39 is 5.82 Å². The molecule has 0 atom stereocenters. The summed E-state index contributed by atoms with van der Waals surface area (Å²) in [7, 11) is 0. The number of halogens is 1. The molecule has 1 N–H and O–H groups in total. The largest absolute Gasteiger partial charge is 0.484 e. The molecule has 3 aromatic rings. The zero-order valence-electron chi connectivity index (χ0n) is 13.8. The summed E-state index contributed by atoms with van der Waals surface area (Å²) in [5.74, 6) is 0.231. The number of anilines is 1. The first-order chi connectivity index (χ1) is 12.7. The summed E-state index contributed by atoms with van der Waals surface area (Å²) in [4.78, 5) is 12.1. The molecule has 1 fully saturated rings. The minimum Gasteiger partial charge on any atom is -0.484 e. The molecule has 1 aliphatic rings. The fourth-order valence-corrected chi connectivity index (χ4v) is 2.59. The van der Waals surface area contributed by atoms with Gasteiger partial charge in [0.25, 0.3) is 5.91 Å². The lowest BCUT2D eigenvalue weighted by atomic mass is 10.2. The number of hydrogen-bond donors (Lipinski definition) is 1. The second kappa shape index (κ2) is 6.91. The maximum absolute atomic E-state index is 13.1. The Labute approximate surface area is 148 Å². The summed E-state index contributed by atoms with van der Waals surface area (Å²) in [6, 6.07) is 13.3. The summed E-state index contributed by atoms with van der Waals surface area (Å²) in [6.45, 7) is -0.215. The van der Waals surface area contributed by atoms with Crippen LogP contribution in [0.1, 0.15) is 18.9 Å². The van der Waals surface area contributed by atoms with E-state index >= 15 is 0 Å². The highest BCUT2D eigenvalue weighted by Crippen LogP contribution is 2.36. The maximum atomic E-state index is 13.1. The van der Waals surface area contributed by atoms with Gasteiger partial charge < -0.3 is 10.1 Å². The van der Waals surface area contributed by atoms with E-state index in [1.165, 1.54) is 18.2 Å². The van der Waals surface area contributed by atoms with E-state index in [0.29, 0.717) is 23.3 Å². The standard InChI is InChI=1S/C18H16FN5O2/c19-13-4-2-6-16(10-13)26-11-17(25)20-14-5-1-3-12(9-14)18-21-22-23-24(18)15-7-8-15/h1-6,9-10,15H,7-8,11H2,(H,20,25).